The van der Waals surface area contributed by atoms with Crippen LogP contribution in [0.1, 0.15) is 0 Å². The predicted molar refractivity (Wildman–Crippen MR) is 181 cm³/mol. The predicted octanol–water partition coefficient (Wildman–Crippen LogP) is 9.28. The van der Waals surface area contributed by atoms with Crippen molar-refractivity contribution in [1.29, 1.82) is 0 Å². The number of halogens is 4. The van der Waals surface area contributed by atoms with Gasteiger partial charge in [-0.25, -0.2) is 0 Å². The van der Waals surface area contributed by atoms with Crippen molar-refractivity contribution in [3.63, 3.8) is 0 Å². The number of para-hydroxylation sites is 2. The maximum absolute atomic E-state index is 13.9. The molecule has 0 bridgehead atoms. The zero-order chi connectivity index (χ0) is 29.7. The third-order valence-electron chi connectivity index (χ3n) is 6.67. The highest BCUT2D eigenvalue weighted by Crippen LogP contribution is 2.45. The number of nitrogens with one attached hydrogen (secondary N) is 2. The third kappa shape index (κ3) is 5.13. The van der Waals surface area contributed by atoms with Gasteiger partial charge in [-0.15, -0.1) is 0 Å². The smallest absolute Gasteiger partial charge is 0.204 e. The zero-order valence-corrected chi connectivity index (χ0v) is 25.9. The van der Waals surface area contributed by atoms with Crippen LogP contribution in [-0.2, 0) is 0 Å². The van der Waals surface area contributed by atoms with Crippen LogP contribution in [0, 0.1) is 0 Å². The highest BCUT2D eigenvalue weighted by atomic mass is 35.5. The monoisotopic (exact) mass is 670 g/mol. The molecule has 0 unspecified atom stereocenters. The van der Waals surface area contributed by atoms with Gasteiger partial charge in [-0.3, -0.25) is 9.59 Å². The Kier molecular flexibility index (Phi) is 7.87. The lowest BCUT2D eigenvalue weighted by atomic mass is 10.1. The first kappa shape index (κ1) is 28.9. The Hall–Kier alpha value is -3.24. The molecule has 42 heavy (non-hydrogen) atoms. The van der Waals surface area contributed by atoms with E-state index in [1.807, 2.05) is 24.3 Å². The summed E-state index contributed by atoms with van der Waals surface area (Å²) in [5.74, 6) is 0. The average Bonchev–Trinajstić information content (AvgIpc) is 2.98. The fourth-order valence-corrected chi connectivity index (χ4v) is 8.01. The average molecular weight is 672 g/mol. The van der Waals surface area contributed by atoms with Gasteiger partial charge in [0.15, 0.2) is 0 Å². The van der Waals surface area contributed by atoms with E-state index in [1.54, 1.807) is 48.5 Å². The molecule has 210 valence electrons. The van der Waals surface area contributed by atoms with E-state index in [2.05, 4.69) is 9.97 Å². The molecule has 0 saturated heterocycles. The number of benzene rings is 4. The van der Waals surface area contributed by atoms with Crippen molar-refractivity contribution < 1.29 is 0 Å². The number of rotatable bonds is 5. The van der Waals surface area contributed by atoms with Crippen LogP contribution in [0.25, 0.3) is 44.3 Å². The van der Waals surface area contributed by atoms with Crippen molar-refractivity contribution >= 4 is 101 Å². The minimum Gasteiger partial charge on any atom is -0.396 e. The Bertz CT molecular complexity index is 1980. The summed E-state index contributed by atoms with van der Waals surface area (Å²) in [4.78, 5) is 35.2. The summed E-state index contributed by atoms with van der Waals surface area (Å²) in [5, 5.41) is 1.98. The van der Waals surface area contributed by atoms with Gasteiger partial charge in [0.05, 0.1) is 52.6 Å². The van der Waals surface area contributed by atoms with E-state index in [-0.39, 0.29) is 42.3 Å². The first-order valence-electron chi connectivity index (χ1n) is 12.3. The first-order valence-corrected chi connectivity index (χ1v) is 15.9. The van der Waals surface area contributed by atoms with Crippen LogP contribution in [0.15, 0.2) is 92.2 Å². The van der Waals surface area contributed by atoms with Crippen molar-refractivity contribution in [2.45, 2.75) is 9.79 Å². The summed E-state index contributed by atoms with van der Waals surface area (Å²) in [6.07, 6.45) is 0. The van der Waals surface area contributed by atoms with E-state index in [0.29, 0.717) is 54.1 Å². The molecule has 12 heteroatoms. The fourth-order valence-electron chi connectivity index (χ4n) is 4.54. The van der Waals surface area contributed by atoms with Gasteiger partial charge in [-0.2, -0.15) is 0 Å². The van der Waals surface area contributed by atoms with Gasteiger partial charge >= 0.3 is 0 Å². The zero-order valence-electron chi connectivity index (χ0n) is 21.2. The van der Waals surface area contributed by atoms with E-state index in [0.717, 1.165) is 21.6 Å². The molecule has 0 spiro atoms. The molecule has 0 aliphatic rings. The summed E-state index contributed by atoms with van der Waals surface area (Å²) < 4.78 is 0. The van der Waals surface area contributed by atoms with Gasteiger partial charge in [-0.05, 0) is 70.1 Å². The van der Waals surface area contributed by atoms with Crippen molar-refractivity contribution in [1.82, 2.24) is 9.97 Å². The second-order valence-electron chi connectivity index (χ2n) is 9.28. The van der Waals surface area contributed by atoms with Gasteiger partial charge in [0.25, 0.3) is 0 Å². The molecule has 0 aliphatic carbocycles. The molecule has 0 fully saturated rings. The van der Waals surface area contributed by atoms with E-state index < -0.39 is 0 Å². The van der Waals surface area contributed by atoms with Gasteiger partial charge in [0, 0.05) is 32.9 Å². The first-order chi connectivity index (χ1) is 20.1. The number of aromatic amines is 2. The van der Waals surface area contributed by atoms with Crippen molar-refractivity contribution in [3.8, 4) is 22.5 Å². The fraction of sp³-hybridized carbons (Fsp3) is 0. The summed E-state index contributed by atoms with van der Waals surface area (Å²) in [5.41, 5.74) is 15.3. The maximum Gasteiger partial charge on any atom is 0.204 e. The lowest BCUT2D eigenvalue weighted by molar-refractivity contribution is 1.26. The number of hydrogen-bond acceptors (Lipinski definition) is 6. The minimum absolute atomic E-state index is 0.224. The molecular formula is C30H18Cl4N4O2S2. The van der Waals surface area contributed by atoms with Crippen LogP contribution in [0.4, 0.5) is 11.4 Å². The molecule has 0 radical (unpaired) electrons. The van der Waals surface area contributed by atoms with Gasteiger partial charge in [-0.1, -0.05) is 70.7 Å². The van der Waals surface area contributed by atoms with Gasteiger partial charge < -0.3 is 21.4 Å². The summed E-state index contributed by atoms with van der Waals surface area (Å²) in [7, 11) is 2.28. The molecule has 6 aromatic rings. The quantitative estimate of drug-likeness (QED) is 0.107. The van der Waals surface area contributed by atoms with Crippen molar-refractivity contribution in [2.24, 2.45) is 0 Å². The van der Waals surface area contributed by atoms with Gasteiger partial charge in [0.2, 0.25) is 10.9 Å². The Morgan fingerprint density at radius 2 is 0.881 bits per heavy atom. The molecular weight excluding hydrogens is 654 g/mol. The molecule has 2 aromatic heterocycles. The number of pyridine rings is 2. The molecule has 0 saturated carbocycles. The number of H-pyrrole nitrogens is 2. The topological polar surface area (TPSA) is 118 Å². The molecule has 2 heterocycles. The molecule has 4 aromatic carbocycles. The number of fused-ring (bicyclic) bond motifs is 2. The normalized spacial score (nSPS) is 11.4. The number of nitrogens with two attached hydrogens (primary N) is 2. The Balaban J connectivity index is 1.56. The number of anilines is 2. The second-order valence-corrected chi connectivity index (χ2v) is 13.1. The van der Waals surface area contributed by atoms with Crippen LogP contribution >= 0.6 is 68.0 Å². The molecule has 6 rings (SSSR count). The van der Waals surface area contributed by atoms with Gasteiger partial charge in [0.1, 0.15) is 0 Å². The van der Waals surface area contributed by atoms with E-state index in [1.165, 1.54) is 0 Å². The summed E-state index contributed by atoms with van der Waals surface area (Å²) in [6, 6.07) is 20.9. The number of hydrogen-bond donors (Lipinski definition) is 4. The van der Waals surface area contributed by atoms with Crippen LogP contribution < -0.4 is 22.3 Å². The Morgan fingerprint density at radius 1 is 0.548 bits per heavy atom. The number of aromatic nitrogens is 2. The summed E-state index contributed by atoms with van der Waals surface area (Å²) >= 11 is 25.5. The van der Waals surface area contributed by atoms with Crippen LogP contribution in [-0.4, -0.2) is 9.97 Å². The maximum atomic E-state index is 13.9. The highest BCUT2D eigenvalue weighted by Gasteiger charge is 2.21. The highest BCUT2D eigenvalue weighted by molar-refractivity contribution is 8.76. The SMILES string of the molecule is Nc1c(Cl)cc(-c2[nH]c3ccccc3c(=O)c2SSc2c(-c3cc(Cl)c(N)c(Cl)c3)[nH]c3ccccc3c2=O)cc1Cl. The molecule has 0 amide bonds. The lowest BCUT2D eigenvalue weighted by Crippen LogP contribution is -2.10. The van der Waals surface area contributed by atoms with Crippen molar-refractivity contribution in [2.75, 3.05) is 11.5 Å². The van der Waals surface area contributed by atoms with E-state index in [9.17, 15) is 9.59 Å². The molecule has 6 nitrogen and oxygen atoms in total. The van der Waals surface area contributed by atoms with E-state index >= 15 is 0 Å². The largest absolute Gasteiger partial charge is 0.396 e. The molecule has 0 atom stereocenters. The van der Waals surface area contributed by atoms with E-state index in [4.69, 9.17) is 57.9 Å². The second kappa shape index (κ2) is 11.4. The Morgan fingerprint density at radius 3 is 1.24 bits per heavy atom. The van der Waals surface area contributed by atoms with Crippen LogP contribution in [0.5, 0.6) is 0 Å². The van der Waals surface area contributed by atoms with Crippen LogP contribution in [0.2, 0.25) is 20.1 Å². The molecule has 6 N–H and O–H groups in total. The van der Waals surface area contributed by atoms with Crippen LogP contribution in [0.3, 0.4) is 0 Å². The standard InChI is InChI=1S/C30H18Cl4N4O2S2/c31-17-9-13(10-18(32)23(17)35)25-29(27(39)15-5-1-3-7-21(15)37-25)41-42-30-26(14-11-19(33)24(36)20(34)12-14)38-22-8-4-2-6-16(22)28(30)40/h1-12H,35-36H2,(H,37,39)(H,38,40). The lowest BCUT2D eigenvalue weighted by Gasteiger charge is -2.15. The number of nitrogen functional groups attached to an aromatic ring is 2. The third-order valence-corrected chi connectivity index (χ3v) is 10.4. The van der Waals surface area contributed by atoms with Crippen molar-refractivity contribution in [3.05, 3.63) is 113 Å². The summed E-state index contributed by atoms with van der Waals surface area (Å²) in [6.45, 7) is 0. The Labute approximate surface area is 266 Å². The molecule has 0 aliphatic heterocycles. The minimum atomic E-state index is -0.224.